The van der Waals surface area contributed by atoms with Crippen LogP contribution < -0.4 is 0 Å². The molecule has 2 atom stereocenters. The summed E-state index contributed by atoms with van der Waals surface area (Å²) in [5.74, 6) is 0.565. The van der Waals surface area contributed by atoms with Crippen LogP contribution in [0.3, 0.4) is 0 Å². The van der Waals surface area contributed by atoms with E-state index in [0.717, 1.165) is 6.42 Å². The lowest BCUT2D eigenvalue weighted by atomic mass is 10.2. The van der Waals surface area contributed by atoms with Gasteiger partial charge in [0, 0.05) is 18.5 Å². The van der Waals surface area contributed by atoms with Gasteiger partial charge in [-0.1, -0.05) is 13.3 Å². The Morgan fingerprint density at radius 3 is 2.75 bits per heavy atom. The van der Waals surface area contributed by atoms with Gasteiger partial charge in [0.05, 0.1) is 18.5 Å². The lowest BCUT2D eigenvalue weighted by Crippen LogP contribution is -2.52. The lowest BCUT2D eigenvalue weighted by molar-refractivity contribution is -0.0152. The van der Waals surface area contributed by atoms with Gasteiger partial charge in [0.15, 0.2) is 0 Å². The number of hydrogen-bond acceptors (Lipinski definition) is 3. The van der Waals surface area contributed by atoms with Gasteiger partial charge in [-0.05, 0) is 13.3 Å². The van der Waals surface area contributed by atoms with Crippen molar-refractivity contribution in [3.05, 3.63) is 0 Å². The Balaban J connectivity index is 2.68. The van der Waals surface area contributed by atoms with Crippen LogP contribution in [0, 0.1) is 0 Å². The molecule has 0 amide bonds. The highest BCUT2D eigenvalue weighted by Gasteiger charge is 2.33. The van der Waals surface area contributed by atoms with E-state index in [4.69, 9.17) is 16.3 Å². The molecule has 4 nitrogen and oxygen atoms in total. The van der Waals surface area contributed by atoms with Crippen LogP contribution in [-0.2, 0) is 14.8 Å². The standard InChI is InChI=1S/C10H20ClNO3S/c1-3-4-5-16(13,14)12-7-10(6-11)15-8-9(12)2/h9-10H,3-8H2,1-2H3. The largest absolute Gasteiger partial charge is 0.374 e. The lowest BCUT2D eigenvalue weighted by Gasteiger charge is -2.36. The minimum atomic E-state index is -3.14. The molecule has 1 heterocycles. The van der Waals surface area contributed by atoms with Gasteiger partial charge in [-0.25, -0.2) is 8.42 Å². The van der Waals surface area contributed by atoms with E-state index in [2.05, 4.69) is 0 Å². The first-order valence-corrected chi connectivity index (χ1v) is 7.82. The van der Waals surface area contributed by atoms with Crippen molar-refractivity contribution in [2.45, 2.75) is 38.8 Å². The molecule has 0 aliphatic carbocycles. The van der Waals surface area contributed by atoms with E-state index in [-0.39, 0.29) is 17.9 Å². The maximum absolute atomic E-state index is 12.0. The zero-order chi connectivity index (χ0) is 12.2. The maximum atomic E-state index is 12.0. The van der Waals surface area contributed by atoms with E-state index in [0.29, 0.717) is 25.5 Å². The van der Waals surface area contributed by atoms with E-state index >= 15 is 0 Å². The molecule has 6 heteroatoms. The zero-order valence-electron chi connectivity index (χ0n) is 9.86. The van der Waals surface area contributed by atoms with Crippen LogP contribution in [0.25, 0.3) is 0 Å². The molecular weight excluding hydrogens is 250 g/mol. The number of nitrogens with zero attached hydrogens (tertiary/aromatic N) is 1. The average molecular weight is 270 g/mol. The molecule has 0 spiro atoms. The number of morpholine rings is 1. The SMILES string of the molecule is CCCCS(=O)(=O)N1CC(CCl)OCC1C. The zero-order valence-corrected chi connectivity index (χ0v) is 11.4. The molecule has 0 aromatic carbocycles. The van der Waals surface area contributed by atoms with Crippen molar-refractivity contribution in [3.8, 4) is 0 Å². The van der Waals surface area contributed by atoms with Gasteiger partial charge in [0.2, 0.25) is 10.0 Å². The predicted molar refractivity (Wildman–Crippen MR) is 65.3 cm³/mol. The number of halogens is 1. The number of unbranched alkanes of at least 4 members (excludes halogenated alkanes) is 1. The summed E-state index contributed by atoms with van der Waals surface area (Å²) in [4.78, 5) is 0. The van der Waals surface area contributed by atoms with Gasteiger partial charge in [-0.15, -0.1) is 11.6 Å². The summed E-state index contributed by atoms with van der Waals surface area (Å²) in [6, 6.07) is -0.0821. The molecule has 0 bridgehead atoms. The molecular formula is C10H20ClNO3S. The first-order valence-electron chi connectivity index (χ1n) is 5.68. The summed E-state index contributed by atoms with van der Waals surface area (Å²) in [7, 11) is -3.14. The number of sulfonamides is 1. The molecule has 1 rings (SSSR count). The van der Waals surface area contributed by atoms with E-state index in [1.54, 1.807) is 4.31 Å². The first-order chi connectivity index (χ1) is 7.51. The first kappa shape index (κ1) is 14.2. The number of hydrogen-bond donors (Lipinski definition) is 0. The molecule has 1 saturated heterocycles. The minimum Gasteiger partial charge on any atom is -0.374 e. The highest BCUT2D eigenvalue weighted by atomic mass is 35.5. The monoisotopic (exact) mass is 269 g/mol. The topological polar surface area (TPSA) is 46.6 Å². The third kappa shape index (κ3) is 3.58. The van der Waals surface area contributed by atoms with Crippen LogP contribution in [0.5, 0.6) is 0 Å². The molecule has 1 aliphatic heterocycles. The average Bonchev–Trinajstić information content (AvgIpc) is 2.27. The van der Waals surface area contributed by atoms with Gasteiger partial charge in [-0.2, -0.15) is 4.31 Å². The van der Waals surface area contributed by atoms with Crippen LogP contribution >= 0.6 is 11.6 Å². The summed E-state index contributed by atoms with van der Waals surface area (Å²) >= 11 is 5.70. The van der Waals surface area contributed by atoms with Gasteiger partial charge < -0.3 is 4.74 Å². The molecule has 96 valence electrons. The Labute approximate surface area is 103 Å². The van der Waals surface area contributed by atoms with E-state index in [9.17, 15) is 8.42 Å². The van der Waals surface area contributed by atoms with Crippen LogP contribution in [0.15, 0.2) is 0 Å². The molecule has 16 heavy (non-hydrogen) atoms. The third-order valence-electron chi connectivity index (χ3n) is 2.73. The molecule has 0 aromatic heterocycles. The molecule has 1 fully saturated rings. The predicted octanol–water partition coefficient (Wildman–Crippen LogP) is 1.44. The van der Waals surface area contributed by atoms with Crippen molar-refractivity contribution in [3.63, 3.8) is 0 Å². The maximum Gasteiger partial charge on any atom is 0.214 e. The summed E-state index contributed by atoms with van der Waals surface area (Å²) < 4.78 is 31.1. The van der Waals surface area contributed by atoms with Gasteiger partial charge in [-0.3, -0.25) is 0 Å². The normalized spacial score (nSPS) is 28.2. The quantitative estimate of drug-likeness (QED) is 0.710. The Morgan fingerprint density at radius 2 is 2.19 bits per heavy atom. The number of ether oxygens (including phenoxy) is 1. The second-order valence-corrected chi connectivity index (χ2v) is 6.55. The van der Waals surface area contributed by atoms with Crippen LogP contribution in [0.2, 0.25) is 0 Å². The molecule has 0 radical (unpaired) electrons. The molecule has 2 unspecified atom stereocenters. The smallest absolute Gasteiger partial charge is 0.214 e. The van der Waals surface area contributed by atoms with Crippen molar-refractivity contribution in [2.75, 3.05) is 24.8 Å². The number of alkyl halides is 1. The highest BCUT2D eigenvalue weighted by Crippen LogP contribution is 2.18. The van der Waals surface area contributed by atoms with Gasteiger partial charge in [0.1, 0.15) is 0 Å². The molecule has 0 N–H and O–H groups in total. The Bertz CT molecular complexity index is 307. The minimum absolute atomic E-state index is 0.0821. The van der Waals surface area contributed by atoms with Crippen LogP contribution in [-0.4, -0.2) is 49.7 Å². The summed E-state index contributed by atoms with van der Waals surface area (Å²) in [6.45, 7) is 4.67. The van der Waals surface area contributed by atoms with Crippen molar-refractivity contribution in [2.24, 2.45) is 0 Å². The second-order valence-electron chi connectivity index (χ2n) is 4.20. The molecule has 0 saturated carbocycles. The summed E-state index contributed by atoms with van der Waals surface area (Å²) in [6.07, 6.45) is 1.42. The van der Waals surface area contributed by atoms with Gasteiger partial charge in [0.25, 0.3) is 0 Å². The summed E-state index contributed by atoms with van der Waals surface area (Å²) in [5.41, 5.74) is 0. The van der Waals surface area contributed by atoms with E-state index in [1.807, 2.05) is 13.8 Å². The van der Waals surface area contributed by atoms with Gasteiger partial charge >= 0.3 is 0 Å². The Morgan fingerprint density at radius 1 is 1.50 bits per heavy atom. The van der Waals surface area contributed by atoms with Crippen LogP contribution in [0.4, 0.5) is 0 Å². The number of rotatable bonds is 5. The van der Waals surface area contributed by atoms with Crippen molar-refractivity contribution < 1.29 is 13.2 Å². The fraction of sp³-hybridized carbons (Fsp3) is 1.00. The fourth-order valence-electron chi connectivity index (χ4n) is 1.72. The highest BCUT2D eigenvalue weighted by molar-refractivity contribution is 7.89. The van der Waals surface area contributed by atoms with Crippen LogP contribution in [0.1, 0.15) is 26.7 Å². The molecule has 1 aliphatic rings. The summed E-state index contributed by atoms with van der Waals surface area (Å²) in [5, 5.41) is 0. The molecule has 0 aromatic rings. The van der Waals surface area contributed by atoms with Crippen molar-refractivity contribution in [1.29, 1.82) is 0 Å². The van der Waals surface area contributed by atoms with Crippen molar-refractivity contribution in [1.82, 2.24) is 4.31 Å². The van der Waals surface area contributed by atoms with E-state index in [1.165, 1.54) is 0 Å². The van der Waals surface area contributed by atoms with Crippen molar-refractivity contribution >= 4 is 21.6 Å². The Hall–Kier alpha value is 0.160. The fourth-order valence-corrected chi connectivity index (χ4v) is 3.79. The second kappa shape index (κ2) is 6.19. The Kier molecular flexibility index (Phi) is 5.50. The van der Waals surface area contributed by atoms with E-state index < -0.39 is 10.0 Å². The third-order valence-corrected chi connectivity index (χ3v) is 5.11.